The predicted molar refractivity (Wildman–Crippen MR) is 48.9 cm³/mol. The lowest BCUT2D eigenvalue weighted by Crippen LogP contribution is -2.15. The molecule has 3 heteroatoms. The highest BCUT2D eigenvalue weighted by Gasteiger charge is 2.11. The molecule has 1 heterocycles. The second kappa shape index (κ2) is 2.68. The van der Waals surface area contributed by atoms with Crippen LogP contribution in [0.1, 0.15) is 11.1 Å². The van der Waals surface area contributed by atoms with Gasteiger partial charge in [0.1, 0.15) is 6.73 Å². The monoisotopic (exact) mass is 164 g/mol. The fourth-order valence-electron chi connectivity index (χ4n) is 1.41. The number of hydrogen-bond donors (Lipinski definition) is 2. The Morgan fingerprint density at radius 3 is 3.17 bits per heavy atom. The first-order valence-corrected chi connectivity index (χ1v) is 3.98. The van der Waals surface area contributed by atoms with E-state index in [-0.39, 0.29) is 0 Å². The van der Waals surface area contributed by atoms with Gasteiger partial charge >= 0.3 is 0 Å². The summed E-state index contributed by atoms with van der Waals surface area (Å²) in [5.41, 5.74) is 10.0. The Morgan fingerprint density at radius 1 is 1.50 bits per heavy atom. The number of nitrogens with two attached hydrogens (primary N) is 1. The van der Waals surface area contributed by atoms with Gasteiger partial charge in [0.05, 0.1) is 6.61 Å². The molecule has 0 aromatic heterocycles. The molecule has 0 spiro atoms. The van der Waals surface area contributed by atoms with Crippen LogP contribution in [-0.4, -0.2) is 6.73 Å². The van der Waals surface area contributed by atoms with Gasteiger partial charge in [-0.3, -0.25) is 0 Å². The molecule has 0 bridgehead atoms. The molecule has 3 N–H and O–H groups in total. The normalized spacial score (nSPS) is 15.1. The number of fused-ring (bicyclic) bond motifs is 1. The van der Waals surface area contributed by atoms with E-state index in [0.717, 1.165) is 16.9 Å². The van der Waals surface area contributed by atoms with Crippen LogP contribution in [0, 0.1) is 6.92 Å². The Morgan fingerprint density at radius 2 is 2.33 bits per heavy atom. The predicted octanol–water partition coefficient (Wildman–Crippen LogP) is 1.48. The molecule has 0 radical (unpaired) electrons. The van der Waals surface area contributed by atoms with Gasteiger partial charge in [-0.1, -0.05) is 0 Å². The Hall–Kier alpha value is -1.22. The van der Waals surface area contributed by atoms with Crippen LogP contribution in [-0.2, 0) is 11.3 Å². The van der Waals surface area contributed by atoms with Crippen molar-refractivity contribution in [3.05, 3.63) is 23.3 Å². The first kappa shape index (κ1) is 7.43. The van der Waals surface area contributed by atoms with Gasteiger partial charge in [0.2, 0.25) is 0 Å². The molecule has 1 aliphatic heterocycles. The van der Waals surface area contributed by atoms with Crippen molar-refractivity contribution in [1.29, 1.82) is 0 Å². The van der Waals surface area contributed by atoms with Crippen LogP contribution in [0.15, 0.2) is 12.1 Å². The average molecular weight is 164 g/mol. The summed E-state index contributed by atoms with van der Waals surface area (Å²) in [7, 11) is 0. The Kier molecular flexibility index (Phi) is 1.66. The van der Waals surface area contributed by atoms with Crippen LogP contribution >= 0.6 is 0 Å². The van der Waals surface area contributed by atoms with Crippen molar-refractivity contribution in [2.24, 2.45) is 0 Å². The summed E-state index contributed by atoms with van der Waals surface area (Å²) in [6.07, 6.45) is 0. The van der Waals surface area contributed by atoms with Gasteiger partial charge in [0, 0.05) is 16.9 Å². The Labute approximate surface area is 71.5 Å². The fourth-order valence-corrected chi connectivity index (χ4v) is 1.41. The third kappa shape index (κ3) is 1.02. The molecule has 0 saturated carbocycles. The topological polar surface area (TPSA) is 47.3 Å². The molecule has 2 rings (SSSR count). The van der Waals surface area contributed by atoms with E-state index < -0.39 is 0 Å². The summed E-state index contributed by atoms with van der Waals surface area (Å²) in [6, 6.07) is 3.92. The summed E-state index contributed by atoms with van der Waals surface area (Å²) in [5.74, 6) is 0. The van der Waals surface area contributed by atoms with Crippen molar-refractivity contribution in [3.8, 4) is 0 Å². The number of rotatable bonds is 0. The first-order chi connectivity index (χ1) is 5.79. The maximum atomic E-state index is 5.76. The zero-order valence-electron chi connectivity index (χ0n) is 7.05. The van der Waals surface area contributed by atoms with Gasteiger partial charge in [0.25, 0.3) is 0 Å². The summed E-state index contributed by atoms with van der Waals surface area (Å²) in [6.45, 7) is 3.28. The SMILES string of the molecule is Cc1c(N)ccc2c1COCN2. The summed E-state index contributed by atoms with van der Waals surface area (Å²) >= 11 is 0. The lowest BCUT2D eigenvalue weighted by atomic mass is 10.0. The number of nitrogens with one attached hydrogen (secondary N) is 1. The minimum Gasteiger partial charge on any atom is -0.399 e. The lowest BCUT2D eigenvalue weighted by molar-refractivity contribution is 0.130. The smallest absolute Gasteiger partial charge is 0.116 e. The van der Waals surface area contributed by atoms with Crippen LogP contribution in [0.5, 0.6) is 0 Å². The largest absolute Gasteiger partial charge is 0.399 e. The van der Waals surface area contributed by atoms with Gasteiger partial charge in [0.15, 0.2) is 0 Å². The molecular weight excluding hydrogens is 152 g/mol. The van der Waals surface area contributed by atoms with E-state index in [2.05, 4.69) is 5.32 Å². The molecule has 0 amide bonds. The van der Waals surface area contributed by atoms with Crippen molar-refractivity contribution >= 4 is 11.4 Å². The quantitative estimate of drug-likeness (QED) is 0.571. The molecular formula is C9H12N2O. The molecule has 0 atom stereocenters. The van der Waals surface area contributed by atoms with Crippen molar-refractivity contribution in [2.45, 2.75) is 13.5 Å². The van der Waals surface area contributed by atoms with Crippen LogP contribution in [0.2, 0.25) is 0 Å². The van der Waals surface area contributed by atoms with E-state index in [9.17, 15) is 0 Å². The third-order valence-electron chi connectivity index (χ3n) is 2.25. The Bertz CT molecular complexity index is 310. The zero-order chi connectivity index (χ0) is 8.55. The molecule has 3 nitrogen and oxygen atoms in total. The van der Waals surface area contributed by atoms with Crippen LogP contribution in [0.4, 0.5) is 11.4 Å². The standard InChI is InChI=1S/C9H12N2O/c1-6-7-4-12-5-11-9(7)3-2-8(6)10/h2-3,11H,4-5,10H2,1H3. The van der Waals surface area contributed by atoms with E-state index in [1.165, 1.54) is 5.56 Å². The molecule has 0 unspecified atom stereocenters. The summed E-state index contributed by atoms with van der Waals surface area (Å²) in [4.78, 5) is 0. The van der Waals surface area contributed by atoms with Crippen molar-refractivity contribution in [2.75, 3.05) is 17.8 Å². The number of anilines is 2. The van der Waals surface area contributed by atoms with Crippen molar-refractivity contribution in [1.82, 2.24) is 0 Å². The minimum atomic E-state index is 0.594. The van der Waals surface area contributed by atoms with Crippen LogP contribution < -0.4 is 11.1 Å². The maximum absolute atomic E-state index is 5.76. The first-order valence-electron chi connectivity index (χ1n) is 3.98. The van der Waals surface area contributed by atoms with Gasteiger partial charge in [-0.2, -0.15) is 0 Å². The third-order valence-corrected chi connectivity index (χ3v) is 2.25. The second-order valence-corrected chi connectivity index (χ2v) is 2.98. The fraction of sp³-hybridized carbons (Fsp3) is 0.333. The highest BCUT2D eigenvalue weighted by molar-refractivity contribution is 5.63. The van der Waals surface area contributed by atoms with E-state index in [0.29, 0.717) is 13.3 Å². The van der Waals surface area contributed by atoms with Gasteiger partial charge in [-0.25, -0.2) is 0 Å². The van der Waals surface area contributed by atoms with E-state index in [4.69, 9.17) is 10.5 Å². The molecule has 0 saturated heterocycles. The highest BCUT2D eigenvalue weighted by atomic mass is 16.5. The molecule has 64 valence electrons. The van der Waals surface area contributed by atoms with Gasteiger partial charge in [-0.15, -0.1) is 0 Å². The molecule has 0 fully saturated rings. The average Bonchev–Trinajstić information content (AvgIpc) is 2.12. The summed E-state index contributed by atoms with van der Waals surface area (Å²) < 4.78 is 5.27. The molecule has 1 aromatic rings. The number of benzene rings is 1. The molecule has 0 aliphatic carbocycles. The van der Waals surface area contributed by atoms with Crippen LogP contribution in [0.25, 0.3) is 0 Å². The maximum Gasteiger partial charge on any atom is 0.116 e. The number of ether oxygens (including phenoxy) is 1. The van der Waals surface area contributed by atoms with E-state index in [1.54, 1.807) is 0 Å². The van der Waals surface area contributed by atoms with E-state index >= 15 is 0 Å². The zero-order valence-corrected chi connectivity index (χ0v) is 7.05. The number of nitrogen functional groups attached to an aromatic ring is 1. The number of hydrogen-bond acceptors (Lipinski definition) is 3. The summed E-state index contributed by atoms with van der Waals surface area (Å²) in [5, 5.41) is 3.15. The molecule has 12 heavy (non-hydrogen) atoms. The van der Waals surface area contributed by atoms with Crippen molar-refractivity contribution in [3.63, 3.8) is 0 Å². The minimum absolute atomic E-state index is 0.594. The highest BCUT2D eigenvalue weighted by Crippen LogP contribution is 2.27. The van der Waals surface area contributed by atoms with Gasteiger partial charge < -0.3 is 15.8 Å². The molecule has 1 aliphatic rings. The van der Waals surface area contributed by atoms with E-state index in [1.807, 2.05) is 19.1 Å². The second-order valence-electron chi connectivity index (χ2n) is 2.98. The molecule has 1 aromatic carbocycles. The Balaban J connectivity index is 2.54. The van der Waals surface area contributed by atoms with Crippen molar-refractivity contribution < 1.29 is 4.74 Å². The lowest BCUT2D eigenvalue weighted by Gasteiger charge is -2.21. The van der Waals surface area contributed by atoms with Crippen LogP contribution in [0.3, 0.4) is 0 Å². The van der Waals surface area contributed by atoms with Gasteiger partial charge in [-0.05, 0) is 24.6 Å².